The number of likely N-dealkylation sites (tertiary alicyclic amines) is 1. The van der Waals surface area contributed by atoms with Gasteiger partial charge in [-0.2, -0.15) is 5.10 Å². The number of nitrogens with zero attached hydrogens (tertiary/aromatic N) is 3. The van der Waals surface area contributed by atoms with Gasteiger partial charge in [0.05, 0.1) is 18.2 Å². The Labute approximate surface area is 161 Å². The summed E-state index contributed by atoms with van der Waals surface area (Å²) in [4.78, 5) is 14.9. The van der Waals surface area contributed by atoms with Crippen LogP contribution in [0, 0.1) is 5.92 Å². The largest absolute Gasteiger partial charge is 0.335 e. The second kappa shape index (κ2) is 9.22. The zero-order valence-electron chi connectivity index (χ0n) is 14.5. The molecule has 25 heavy (non-hydrogen) atoms. The fourth-order valence-electron chi connectivity index (χ4n) is 3.37. The topological polar surface area (TPSA) is 64.2 Å². The fourth-order valence-corrected chi connectivity index (χ4v) is 3.37. The molecule has 3 rings (SSSR count). The first-order chi connectivity index (χ1) is 11.1. The maximum Gasteiger partial charge on any atom is 0.227 e. The van der Waals surface area contributed by atoms with Crippen LogP contribution in [0.1, 0.15) is 43.0 Å². The van der Waals surface area contributed by atoms with Gasteiger partial charge in [0.15, 0.2) is 0 Å². The summed E-state index contributed by atoms with van der Waals surface area (Å²) in [6, 6.07) is 9.69. The van der Waals surface area contributed by atoms with Gasteiger partial charge in [0, 0.05) is 31.4 Å². The van der Waals surface area contributed by atoms with Gasteiger partial charge in [-0.15, -0.1) is 24.8 Å². The van der Waals surface area contributed by atoms with E-state index in [1.54, 1.807) is 4.68 Å². The van der Waals surface area contributed by atoms with Crippen LogP contribution in [0.15, 0.2) is 42.7 Å². The molecule has 5 nitrogen and oxygen atoms in total. The van der Waals surface area contributed by atoms with Gasteiger partial charge >= 0.3 is 0 Å². The molecule has 1 saturated heterocycles. The summed E-state index contributed by atoms with van der Waals surface area (Å²) in [5.41, 5.74) is 8.45. The molecule has 2 N–H and O–H groups in total. The average molecular weight is 385 g/mol. The molecule has 1 aromatic heterocycles. The maximum atomic E-state index is 13.0. The Hall–Kier alpha value is -1.56. The van der Waals surface area contributed by atoms with E-state index in [4.69, 9.17) is 5.73 Å². The third-order valence-electron chi connectivity index (χ3n) is 4.76. The molecule has 3 atom stereocenters. The number of nitrogens with two attached hydrogens (primary N) is 1. The predicted octanol–water partition coefficient (Wildman–Crippen LogP) is 3.26. The molecule has 0 radical (unpaired) electrons. The van der Waals surface area contributed by atoms with Crippen molar-refractivity contribution in [3.05, 3.63) is 53.9 Å². The zero-order chi connectivity index (χ0) is 16.4. The third kappa shape index (κ3) is 4.54. The van der Waals surface area contributed by atoms with Crippen molar-refractivity contribution in [3.8, 4) is 0 Å². The highest BCUT2D eigenvalue weighted by Crippen LogP contribution is 2.34. The summed E-state index contributed by atoms with van der Waals surface area (Å²) in [6.45, 7) is 2.73. The molecule has 1 fully saturated rings. The molecule has 0 aliphatic carbocycles. The fraction of sp³-hybridized carbons (Fsp3) is 0.444. The number of amides is 1. The Morgan fingerprint density at radius 2 is 1.96 bits per heavy atom. The molecule has 1 amide bonds. The SMILES string of the molecule is CC(C(=O)N1CCCC1c1cnn(C)c1)C(N)c1ccccc1.Cl.Cl. The predicted molar refractivity (Wildman–Crippen MR) is 104 cm³/mol. The molecular formula is C18H26Cl2N4O. The number of hydrogen-bond donors (Lipinski definition) is 1. The first kappa shape index (κ1) is 21.5. The van der Waals surface area contributed by atoms with E-state index in [0.29, 0.717) is 0 Å². The molecule has 2 aromatic rings. The number of halogens is 2. The van der Waals surface area contributed by atoms with Gasteiger partial charge in [0.2, 0.25) is 5.91 Å². The van der Waals surface area contributed by atoms with Gasteiger partial charge in [-0.3, -0.25) is 9.48 Å². The van der Waals surface area contributed by atoms with Crippen LogP contribution >= 0.6 is 24.8 Å². The minimum absolute atomic E-state index is 0. The van der Waals surface area contributed by atoms with Crippen molar-refractivity contribution in [3.63, 3.8) is 0 Å². The van der Waals surface area contributed by atoms with E-state index >= 15 is 0 Å². The van der Waals surface area contributed by atoms with Crippen LogP contribution in [-0.2, 0) is 11.8 Å². The summed E-state index contributed by atoms with van der Waals surface area (Å²) >= 11 is 0. The third-order valence-corrected chi connectivity index (χ3v) is 4.76. The van der Waals surface area contributed by atoms with Gasteiger partial charge in [-0.1, -0.05) is 37.3 Å². The number of carbonyl (C=O) groups is 1. The van der Waals surface area contributed by atoms with Crippen molar-refractivity contribution in [1.29, 1.82) is 0 Å². The van der Waals surface area contributed by atoms with Crippen LogP contribution in [-0.4, -0.2) is 27.1 Å². The highest BCUT2D eigenvalue weighted by atomic mass is 35.5. The average Bonchev–Trinajstić information content (AvgIpc) is 3.22. The van der Waals surface area contributed by atoms with Gasteiger partial charge in [0.1, 0.15) is 0 Å². The van der Waals surface area contributed by atoms with Crippen LogP contribution in [0.5, 0.6) is 0 Å². The van der Waals surface area contributed by atoms with Crippen LogP contribution in [0.2, 0.25) is 0 Å². The summed E-state index contributed by atoms with van der Waals surface area (Å²) in [5, 5.41) is 4.24. The summed E-state index contributed by atoms with van der Waals surface area (Å²) in [5.74, 6) is -0.109. The Bertz CT molecular complexity index is 677. The summed E-state index contributed by atoms with van der Waals surface area (Å²) in [7, 11) is 1.90. The molecule has 1 aliphatic rings. The van der Waals surface area contributed by atoms with Crippen molar-refractivity contribution in [2.75, 3.05) is 6.54 Å². The molecule has 138 valence electrons. The lowest BCUT2D eigenvalue weighted by Gasteiger charge is -2.29. The highest BCUT2D eigenvalue weighted by molar-refractivity contribution is 5.85. The molecule has 0 spiro atoms. The molecule has 1 aromatic carbocycles. The molecule has 1 aliphatic heterocycles. The summed E-state index contributed by atoms with van der Waals surface area (Å²) < 4.78 is 1.79. The molecule has 0 saturated carbocycles. The van der Waals surface area contributed by atoms with Crippen molar-refractivity contribution in [1.82, 2.24) is 14.7 Å². The normalized spacial score (nSPS) is 18.8. The molecule has 7 heteroatoms. The van der Waals surface area contributed by atoms with Crippen LogP contribution in [0.25, 0.3) is 0 Å². The van der Waals surface area contributed by atoms with Gasteiger partial charge in [0.25, 0.3) is 0 Å². The van der Waals surface area contributed by atoms with E-state index in [-0.39, 0.29) is 48.7 Å². The monoisotopic (exact) mass is 384 g/mol. The zero-order valence-corrected chi connectivity index (χ0v) is 16.2. The number of aromatic nitrogens is 2. The Morgan fingerprint density at radius 3 is 2.56 bits per heavy atom. The number of carbonyl (C=O) groups excluding carboxylic acids is 1. The number of rotatable bonds is 4. The maximum absolute atomic E-state index is 13.0. The Morgan fingerprint density at radius 1 is 1.28 bits per heavy atom. The van der Waals surface area contributed by atoms with Gasteiger partial charge in [-0.25, -0.2) is 0 Å². The minimum Gasteiger partial charge on any atom is -0.335 e. The molecule has 0 bridgehead atoms. The van der Waals surface area contributed by atoms with E-state index in [1.807, 2.05) is 61.6 Å². The van der Waals surface area contributed by atoms with Gasteiger partial charge < -0.3 is 10.6 Å². The lowest BCUT2D eigenvalue weighted by Crippen LogP contribution is -2.39. The Kier molecular flexibility index (Phi) is 7.93. The van der Waals surface area contributed by atoms with E-state index in [1.165, 1.54) is 0 Å². The van der Waals surface area contributed by atoms with Crippen molar-refractivity contribution >= 4 is 30.7 Å². The van der Waals surface area contributed by atoms with E-state index in [2.05, 4.69) is 5.10 Å². The van der Waals surface area contributed by atoms with E-state index < -0.39 is 0 Å². The number of benzene rings is 1. The Balaban J connectivity index is 0.00000156. The molecular weight excluding hydrogens is 359 g/mol. The second-order valence-electron chi connectivity index (χ2n) is 6.36. The smallest absolute Gasteiger partial charge is 0.227 e. The lowest BCUT2D eigenvalue weighted by atomic mass is 9.93. The quantitative estimate of drug-likeness (QED) is 0.879. The van der Waals surface area contributed by atoms with Crippen LogP contribution in [0.4, 0.5) is 0 Å². The minimum atomic E-state index is -0.279. The lowest BCUT2D eigenvalue weighted by molar-refractivity contribution is -0.136. The van der Waals surface area contributed by atoms with Crippen molar-refractivity contribution in [2.45, 2.75) is 31.8 Å². The standard InChI is InChI=1S/C18H24N4O.2ClH/c1-13(17(19)14-7-4-3-5-8-14)18(23)22-10-6-9-16(22)15-11-20-21(2)12-15;;/h3-5,7-8,11-13,16-17H,6,9-10,19H2,1-2H3;2*1H. The summed E-state index contributed by atoms with van der Waals surface area (Å²) in [6.07, 6.45) is 5.87. The second-order valence-corrected chi connectivity index (χ2v) is 6.36. The first-order valence-electron chi connectivity index (χ1n) is 8.17. The van der Waals surface area contributed by atoms with Crippen molar-refractivity contribution in [2.24, 2.45) is 18.7 Å². The van der Waals surface area contributed by atoms with E-state index in [0.717, 1.165) is 30.5 Å². The van der Waals surface area contributed by atoms with Crippen LogP contribution < -0.4 is 5.73 Å². The van der Waals surface area contributed by atoms with Crippen LogP contribution in [0.3, 0.4) is 0 Å². The number of hydrogen-bond acceptors (Lipinski definition) is 3. The number of aryl methyl sites for hydroxylation is 1. The molecule has 3 unspecified atom stereocenters. The first-order valence-corrected chi connectivity index (χ1v) is 8.17. The van der Waals surface area contributed by atoms with E-state index in [9.17, 15) is 4.79 Å². The van der Waals surface area contributed by atoms with Crippen molar-refractivity contribution < 1.29 is 4.79 Å². The molecule has 2 heterocycles. The highest BCUT2D eigenvalue weighted by Gasteiger charge is 2.35. The van der Waals surface area contributed by atoms with Gasteiger partial charge in [-0.05, 0) is 18.4 Å².